The average Bonchev–Trinajstić information content (AvgIpc) is 3.44. The Morgan fingerprint density at radius 3 is 2.63 bits per heavy atom. The molecule has 1 N–H and O–H groups in total. The van der Waals surface area contributed by atoms with Crippen LogP contribution < -0.4 is 19.7 Å². The van der Waals surface area contributed by atoms with E-state index in [1.54, 1.807) is 49.6 Å². The van der Waals surface area contributed by atoms with Crippen molar-refractivity contribution in [3.63, 3.8) is 0 Å². The van der Waals surface area contributed by atoms with Gasteiger partial charge in [-0.25, -0.2) is 0 Å². The molecule has 2 aliphatic rings. The first-order valence-electron chi connectivity index (χ1n) is 12.2. The molecule has 1 saturated carbocycles. The van der Waals surface area contributed by atoms with Crippen molar-refractivity contribution in [2.75, 3.05) is 19.1 Å². The van der Waals surface area contributed by atoms with Crippen LogP contribution in [-0.2, 0) is 11.3 Å². The van der Waals surface area contributed by atoms with Crippen LogP contribution in [0.5, 0.6) is 11.5 Å². The number of aromatic nitrogens is 1. The zero-order chi connectivity index (χ0) is 24.9. The number of nitrogens with zero attached hydrogens (tertiary/aromatic N) is 2. The lowest BCUT2D eigenvalue weighted by Crippen LogP contribution is -2.66. The Labute approximate surface area is 205 Å². The maximum atomic E-state index is 14.1. The molecule has 35 heavy (non-hydrogen) atoms. The second-order valence-corrected chi connectivity index (χ2v) is 10.1. The van der Waals surface area contributed by atoms with Gasteiger partial charge >= 0.3 is 0 Å². The van der Waals surface area contributed by atoms with E-state index < -0.39 is 5.54 Å². The van der Waals surface area contributed by atoms with Crippen molar-refractivity contribution in [3.05, 3.63) is 42.3 Å². The highest BCUT2D eigenvalue weighted by Gasteiger charge is 2.50. The van der Waals surface area contributed by atoms with Gasteiger partial charge in [-0.1, -0.05) is 26.7 Å². The maximum absolute atomic E-state index is 14.1. The molecule has 3 heterocycles. The lowest BCUT2D eigenvalue weighted by Gasteiger charge is -2.45. The minimum Gasteiger partial charge on any atom is -0.493 e. The summed E-state index contributed by atoms with van der Waals surface area (Å²) in [5, 5.41) is 3.32. The Bertz CT molecular complexity index is 1280. The monoisotopic (exact) mass is 479 g/mol. The van der Waals surface area contributed by atoms with Crippen LogP contribution in [0.1, 0.15) is 50.5 Å². The van der Waals surface area contributed by atoms with Gasteiger partial charge < -0.3 is 23.8 Å². The molecule has 0 saturated heterocycles. The van der Waals surface area contributed by atoms with Crippen molar-refractivity contribution in [1.82, 2.24) is 9.88 Å². The van der Waals surface area contributed by atoms with Crippen LogP contribution in [0, 0.1) is 11.8 Å². The molecule has 8 nitrogen and oxygen atoms in total. The molecule has 0 bridgehead atoms. The molecule has 4 atom stereocenters. The Hall–Kier alpha value is -3.42. The predicted octanol–water partition coefficient (Wildman–Crippen LogP) is 4.61. The first-order chi connectivity index (χ1) is 16.8. The lowest BCUT2D eigenvalue weighted by molar-refractivity contribution is -0.128. The van der Waals surface area contributed by atoms with E-state index in [0.29, 0.717) is 46.8 Å². The van der Waals surface area contributed by atoms with E-state index in [0.717, 1.165) is 18.4 Å². The smallest absolute Gasteiger partial charge is 0.276 e. The summed E-state index contributed by atoms with van der Waals surface area (Å²) in [6.45, 7) is 6.58. The summed E-state index contributed by atoms with van der Waals surface area (Å²) in [6, 6.07) is 8.94. The van der Waals surface area contributed by atoms with E-state index in [2.05, 4.69) is 19.2 Å². The van der Waals surface area contributed by atoms with Crippen LogP contribution >= 0.6 is 0 Å². The SMILES string of the molecule is COc1ccc(N2C(=O)c3cc4occc4n3CC2(C)C(=O)NC2CCCC(C)C2C)cc1OC. The van der Waals surface area contributed by atoms with Gasteiger partial charge in [0, 0.05) is 29.9 Å². The Morgan fingerprint density at radius 2 is 1.89 bits per heavy atom. The number of benzene rings is 1. The number of ether oxygens (including phenoxy) is 2. The highest BCUT2D eigenvalue weighted by molar-refractivity contribution is 6.13. The van der Waals surface area contributed by atoms with Crippen LogP contribution in [0.2, 0.25) is 0 Å². The molecule has 2 amide bonds. The lowest BCUT2D eigenvalue weighted by atomic mass is 9.77. The minimum atomic E-state index is -1.17. The fourth-order valence-electron chi connectivity index (χ4n) is 5.69. The molecular weight excluding hydrogens is 446 g/mol. The van der Waals surface area contributed by atoms with Gasteiger partial charge in [0.05, 0.1) is 32.5 Å². The number of methoxy groups -OCH3 is 2. The van der Waals surface area contributed by atoms with Crippen LogP contribution in [0.4, 0.5) is 5.69 Å². The molecule has 186 valence electrons. The zero-order valence-corrected chi connectivity index (χ0v) is 21.0. The van der Waals surface area contributed by atoms with Crippen molar-refractivity contribution in [1.29, 1.82) is 0 Å². The second-order valence-electron chi connectivity index (χ2n) is 10.1. The summed E-state index contributed by atoms with van der Waals surface area (Å²) in [5.74, 6) is 1.52. The molecule has 1 aliphatic carbocycles. The number of hydrogen-bond donors (Lipinski definition) is 1. The van der Waals surface area contributed by atoms with Crippen LogP contribution in [-0.4, -0.2) is 42.2 Å². The van der Waals surface area contributed by atoms with Crippen LogP contribution in [0.25, 0.3) is 11.1 Å². The third-order valence-electron chi connectivity index (χ3n) is 8.04. The Balaban J connectivity index is 1.60. The number of nitrogens with one attached hydrogen (secondary N) is 1. The second kappa shape index (κ2) is 8.66. The number of anilines is 1. The predicted molar refractivity (Wildman–Crippen MR) is 133 cm³/mol. The van der Waals surface area contributed by atoms with Gasteiger partial charge in [-0.05, 0) is 37.3 Å². The summed E-state index contributed by atoms with van der Waals surface area (Å²) >= 11 is 0. The molecular formula is C27H33N3O5. The molecule has 0 spiro atoms. The number of carbonyl (C=O) groups is 2. The molecule has 8 heteroatoms. The maximum Gasteiger partial charge on any atom is 0.276 e. The molecule has 1 aromatic carbocycles. The third kappa shape index (κ3) is 3.66. The van der Waals surface area contributed by atoms with Gasteiger partial charge in [0.15, 0.2) is 17.1 Å². The van der Waals surface area contributed by atoms with Crippen molar-refractivity contribution in [2.45, 2.75) is 58.2 Å². The third-order valence-corrected chi connectivity index (χ3v) is 8.04. The summed E-state index contributed by atoms with van der Waals surface area (Å²) in [6.07, 6.45) is 4.80. The fraction of sp³-hybridized carbons (Fsp3) is 0.481. The first-order valence-corrected chi connectivity index (χ1v) is 12.2. The fourth-order valence-corrected chi connectivity index (χ4v) is 5.69. The van der Waals surface area contributed by atoms with Crippen LogP contribution in [0.15, 0.2) is 41.0 Å². The quantitative estimate of drug-likeness (QED) is 0.578. The van der Waals surface area contributed by atoms with Gasteiger partial charge in [-0.3, -0.25) is 14.5 Å². The van der Waals surface area contributed by atoms with Gasteiger partial charge in [-0.2, -0.15) is 0 Å². The summed E-state index contributed by atoms with van der Waals surface area (Å²) < 4.78 is 18.4. The molecule has 1 aliphatic heterocycles. The normalized spacial score (nSPS) is 26.5. The molecule has 0 radical (unpaired) electrons. The Morgan fingerprint density at radius 1 is 1.11 bits per heavy atom. The van der Waals surface area contributed by atoms with Crippen molar-refractivity contribution in [2.24, 2.45) is 11.8 Å². The highest BCUT2D eigenvalue weighted by atomic mass is 16.5. The number of fused-ring (bicyclic) bond motifs is 3. The van der Waals surface area contributed by atoms with Gasteiger partial charge in [-0.15, -0.1) is 0 Å². The molecule has 5 rings (SSSR count). The number of hydrogen-bond acceptors (Lipinski definition) is 5. The van der Waals surface area contributed by atoms with Crippen LogP contribution in [0.3, 0.4) is 0 Å². The first kappa shape index (κ1) is 23.3. The summed E-state index contributed by atoms with van der Waals surface area (Å²) in [7, 11) is 3.12. The van der Waals surface area contributed by atoms with E-state index in [-0.39, 0.29) is 17.9 Å². The largest absolute Gasteiger partial charge is 0.493 e. The summed E-state index contributed by atoms with van der Waals surface area (Å²) in [4.78, 5) is 29.6. The standard InChI is InChI=1S/C27H33N3O5/c1-16-7-6-8-19(17(16)2)28-26(32)27(3)15-29-20-11-12-35-23(20)14-21(29)25(31)30(27)18-9-10-22(33-4)24(13-18)34-5/h9-14,16-17,19H,6-8,15H2,1-5H3,(H,28,32). The highest BCUT2D eigenvalue weighted by Crippen LogP contribution is 2.40. The van der Waals surface area contributed by atoms with E-state index >= 15 is 0 Å². The van der Waals surface area contributed by atoms with E-state index in [4.69, 9.17) is 13.9 Å². The van der Waals surface area contributed by atoms with E-state index in [1.807, 2.05) is 17.6 Å². The topological polar surface area (TPSA) is 85.9 Å². The average molecular weight is 480 g/mol. The van der Waals surface area contributed by atoms with E-state index in [1.165, 1.54) is 6.42 Å². The van der Waals surface area contributed by atoms with Crippen molar-refractivity contribution in [3.8, 4) is 11.5 Å². The van der Waals surface area contributed by atoms with Crippen molar-refractivity contribution >= 4 is 28.6 Å². The number of furan rings is 1. The van der Waals surface area contributed by atoms with E-state index in [9.17, 15) is 9.59 Å². The summed E-state index contributed by atoms with van der Waals surface area (Å²) in [5.41, 5.74) is 1.31. The number of amides is 2. The minimum absolute atomic E-state index is 0.0745. The molecule has 1 fully saturated rings. The number of carbonyl (C=O) groups excluding carboxylic acids is 2. The zero-order valence-electron chi connectivity index (χ0n) is 21.0. The van der Waals surface area contributed by atoms with Gasteiger partial charge in [0.2, 0.25) is 5.91 Å². The van der Waals surface area contributed by atoms with Gasteiger partial charge in [0.25, 0.3) is 5.91 Å². The van der Waals surface area contributed by atoms with Crippen molar-refractivity contribution < 1.29 is 23.5 Å². The number of rotatable bonds is 5. The Kier molecular flexibility index (Phi) is 5.77. The molecule has 3 aromatic rings. The van der Waals surface area contributed by atoms with Gasteiger partial charge in [0.1, 0.15) is 11.2 Å². The molecule has 4 unspecified atom stereocenters. The molecule has 2 aromatic heterocycles.